The van der Waals surface area contributed by atoms with Crippen molar-refractivity contribution in [2.45, 2.75) is 12.2 Å². The largest absolute Gasteiger partial charge is 0.457 e. The minimum atomic E-state index is -4.38. The number of alkyl halides is 3. The third-order valence-corrected chi connectivity index (χ3v) is 3.12. The van der Waals surface area contributed by atoms with E-state index in [-0.39, 0.29) is 0 Å². The van der Waals surface area contributed by atoms with Crippen molar-refractivity contribution in [3.05, 3.63) is 59.7 Å². The van der Waals surface area contributed by atoms with E-state index >= 15 is 0 Å². The molecular weight excluding hydrogens is 283 g/mol. The lowest BCUT2D eigenvalue weighted by molar-refractivity contribution is -0.192. The zero-order chi connectivity index (χ0) is 14.9. The van der Waals surface area contributed by atoms with Crippen LogP contribution in [0.5, 0.6) is 11.5 Å². The van der Waals surface area contributed by atoms with Crippen LogP contribution in [0.25, 0.3) is 0 Å². The molecule has 0 amide bonds. The van der Waals surface area contributed by atoms with Crippen molar-refractivity contribution in [3.63, 3.8) is 0 Å². The molecule has 21 heavy (non-hydrogen) atoms. The second kappa shape index (κ2) is 5.38. The van der Waals surface area contributed by atoms with Crippen molar-refractivity contribution in [1.82, 2.24) is 5.48 Å². The number of fused-ring (bicyclic) bond motifs is 2. The molecule has 110 valence electrons. The van der Waals surface area contributed by atoms with Crippen LogP contribution in [-0.4, -0.2) is 12.8 Å². The van der Waals surface area contributed by atoms with E-state index in [0.717, 1.165) is 11.1 Å². The topological polar surface area (TPSA) is 30.5 Å². The van der Waals surface area contributed by atoms with Crippen LogP contribution >= 0.6 is 0 Å². The molecule has 0 radical (unpaired) electrons. The van der Waals surface area contributed by atoms with Gasteiger partial charge in [-0.15, -0.1) is 0 Å². The van der Waals surface area contributed by atoms with E-state index in [4.69, 9.17) is 4.74 Å². The number of para-hydroxylation sites is 2. The molecule has 1 aliphatic rings. The number of nitrogens with one attached hydrogen (secondary N) is 1. The first-order valence-corrected chi connectivity index (χ1v) is 6.34. The third kappa shape index (κ3) is 3.01. The first-order valence-electron chi connectivity index (χ1n) is 6.34. The molecule has 0 aliphatic carbocycles. The van der Waals surface area contributed by atoms with Crippen LogP contribution < -0.4 is 10.2 Å². The molecule has 2 aromatic carbocycles. The standard InChI is InChI=1S/C15H12F3NO2/c16-15(17,18)9-20-19-14-10-5-1-3-7-12(10)21-13-8-4-2-6-11(13)14/h1-8,14,19H,9H2. The van der Waals surface area contributed by atoms with Gasteiger partial charge in [0.05, 0.1) is 6.04 Å². The second-order valence-corrected chi connectivity index (χ2v) is 4.63. The average molecular weight is 295 g/mol. The minimum Gasteiger partial charge on any atom is -0.457 e. The summed E-state index contributed by atoms with van der Waals surface area (Å²) in [6, 6.07) is 13.8. The number of hydroxylamine groups is 1. The molecule has 0 aromatic heterocycles. The number of rotatable bonds is 3. The van der Waals surface area contributed by atoms with Crippen molar-refractivity contribution in [2.24, 2.45) is 0 Å². The molecule has 1 aliphatic heterocycles. The molecule has 1 N–H and O–H groups in total. The molecule has 1 heterocycles. The van der Waals surface area contributed by atoms with Gasteiger partial charge in [-0.1, -0.05) is 36.4 Å². The highest BCUT2D eigenvalue weighted by atomic mass is 19.4. The van der Waals surface area contributed by atoms with Gasteiger partial charge < -0.3 is 4.74 Å². The van der Waals surface area contributed by atoms with E-state index in [1.165, 1.54) is 0 Å². The molecule has 0 atom stereocenters. The molecule has 0 saturated carbocycles. The van der Waals surface area contributed by atoms with Crippen LogP contribution in [0.15, 0.2) is 48.5 Å². The van der Waals surface area contributed by atoms with Crippen LogP contribution in [0, 0.1) is 0 Å². The van der Waals surface area contributed by atoms with Gasteiger partial charge in [0.25, 0.3) is 0 Å². The zero-order valence-corrected chi connectivity index (χ0v) is 10.9. The number of ether oxygens (including phenoxy) is 1. The zero-order valence-electron chi connectivity index (χ0n) is 10.9. The van der Waals surface area contributed by atoms with E-state index < -0.39 is 18.8 Å². The summed E-state index contributed by atoms with van der Waals surface area (Å²) < 4.78 is 42.4. The van der Waals surface area contributed by atoms with Gasteiger partial charge in [0, 0.05) is 11.1 Å². The molecule has 3 nitrogen and oxygen atoms in total. The van der Waals surface area contributed by atoms with E-state index in [9.17, 15) is 13.2 Å². The lowest BCUT2D eigenvalue weighted by Gasteiger charge is -2.28. The quantitative estimate of drug-likeness (QED) is 0.869. The van der Waals surface area contributed by atoms with E-state index in [1.807, 2.05) is 0 Å². The van der Waals surface area contributed by atoms with E-state index in [2.05, 4.69) is 10.3 Å². The third-order valence-electron chi connectivity index (χ3n) is 3.12. The lowest BCUT2D eigenvalue weighted by Crippen LogP contribution is -2.30. The Morgan fingerprint density at radius 3 is 2.00 bits per heavy atom. The van der Waals surface area contributed by atoms with Gasteiger partial charge in [0.15, 0.2) is 6.61 Å². The number of hydrogen-bond acceptors (Lipinski definition) is 3. The fourth-order valence-electron chi connectivity index (χ4n) is 2.24. The summed E-state index contributed by atoms with van der Waals surface area (Å²) in [5, 5.41) is 0. The molecule has 6 heteroatoms. The Labute approximate surface area is 119 Å². The van der Waals surface area contributed by atoms with Gasteiger partial charge in [0.1, 0.15) is 11.5 Å². The van der Waals surface area contributed by atoms with Crippen molar-refractivity contribution >= 4 is 0 Å². The average Bonchev–Trinajstić information content (AvgIpc) is 2.45. The Hall–Kier alpha value is -2.05. The van der Waals surface area contributed by atoms with Crippen LogP contribution in [0.3, 0.4) is 0 Å². The maximum absolute atomic E-state index is 12.2. The first-order chi connectivity index (χ1) is 10.0. The smallest absolute Gasteiger partial charge is 0.413 e. The minimum absolute atomic E-state index is 0.506. The SMILES string of the molecule is FC(F)(F)CONC1c2ccccc2Oc2ccccc21. The molecule has 0 bridgehead atoms. The molecule has 0 saturated heterocycles. The van der Waals surface area contributed by atoms with Crippen molar-refractivity contribution in [3.8, 4) is 11.5 Å². The number of hydrogen-bond donors (Lipinski definition) is 1. The number of halogens is 3. The van der Waals surface area contributed by atoms with Gasteiger partial charge in [-0.05, 0) is 12.1 Å². The summed E-state index contributed by atoms with van der Waals surface area (Å²) in [5.74, 6) is 1.20. The highest BCUT2D eigenvalue weighted by Crippen LogP contribution is 2.42. The van der Waals surface area contributed by atoms with Crippen LogP contribution in [0.1, 0.15) is 17.2 Å². The summed E-state index contributed by atoms with van der Waals surface area (Å²) in [5.41, 5.74) is 3.96. The summed E-state index contributed by atoms with van der Waals surface area (Å²) in [6.45, 7) is -1.35. The molecular formula is C15H12F3NO2. The van der Waals surface area contributed by atoms with Crippen molar-refractivity contribution in [1.29, 1.82) is 0 Å². The summed E-state index contributed by atoms with van der Waals surface area (Å²) in [7, 11) is 0. The van der Waals surface area contributed by atoms with E-state index in [0.29, 0.717) is 11.5 Å². The number of benzene rings is 2. The molecule has 0 fully saturated rings. The molecule has 2 aromatic rings. The van der Waals surface area contributed by atoms with Crippen molar-refractivity contribution in [2.75, 3.05) is 6.61 Å². The highest BCUT2D eigenvalue weighted by molar-refractivity contribution is 5.52. The summed E-state index contributed by atoms with van der Waals surface area (Å²) in [4.78, 5) is 4.62. The van der Waals surface area contributed by atoms with Crippen LogP contribution in [-0.2, 0) is 4.84 Å². The highest BCUT2D eigenvalue weighted by Gasteiger charge is 2.31. The maximum Gasteiger partial charge on any atom is 0.413 e. The lowest BCUT2D eigenvalue weighted by atomic mass is 9.95. The monoisotopic (exact) mass is 295 g/mol. The molecule has 0 spiro atoms. The summed E-state index contributed by atoms with van der Waals surface area (Å²) >= 11 is 0. The Morgan fingerprint density at radius 1 is 0.952 bits per heavy atom. The normalized spacial score (nSPS) is 14.2. The van der Waals surface area contributed by atoms with Gasteiger partial charge in [-0.3, -0.25) is 4.84 Å². The predicted octanol–water partition coefficient (Wildman–Crippen LogP) is 3.97. The van der Waals surface area contributed by atoms with Gasteiger partial charge in [-0.25, -0.2) is 0 Å². The maximum atomic E-state index is 12.2. The van der Waals surface area contributed by atoms with Gasteiger partial charge in [0.2, 0.25) is 0 Å². The Bertz CT molecular complexity index is 597. The first kappa shape index (κ1) is 13.9. The molecule has 3 rings (SSSR count). The molecule has 0 unspecified atom stereocenters. The fourth-order valence-corrected chi connectivity index (χ4v) is 2.24. The second-order valence-electron chi connectivity index (χ2n) is 4.63. The van der Waals surface area contributed by atoms with Gasteiger partial charge in [-0.2, -0.15) is 18.7 Å². The van der Waals surface area contributed by atoms with E-state index in [1.54, 1.807) is 48.5 Å². The Kier molecular flexibility index (Phi) is 3.57. The van der Waals surface area contributed by atoms with Crippen LogP contribution in [0.4, 0.5) is 13.2 Å². The van der Waals surface area contributed by atoms with Crippen LogP contribution in [0.2, 0.25) is 0 Å². The Balaban J connectivity index is 1.88. The van der Waals surface area contributed by atoms with Gasteiger partial charge >= 0.3 is 6.18 Å². The predicted molar refractivity (Wildman–Crippen MR) is 69.9 cm³/mol. The fraction of sp³-hybridized carbons (Fsp3) is 0.200. The summed E-state index contributed by atoms with van der Waals surface area (Å²) in [6.07, 6.45) is -4.38. The van der Waals surface area contributed by atoms with Crippen molar-refractivity contribution < 1.29 is 22.7 Å². The Morgan fingerprint density at radius 2 is 1.48 bits per heavy atom.